The van der Waals surface area contributed by atoms with Crippen molar-refractivity contribution in [2.45, 2.75) is 18.8 Å². The molecule has 0 unspecified atom stereocenters. The standard InChI is InChI=1S/C15H17F2N5O.ClH/c1-22-15(19-13(21-22)9-4-6-18-7-5-9)20-14(23)11-8-10(16)2-3-12(11)17;/h2-3,8-9,18H,4-7H2,1H3,(H,19,20,21,23);1H. The van der Waals surface area contributed by atoms with Crippen LogP contribution in [0.15, 0.2) is 18.2 Å². The summed E-state index contributed by atoms with van der Waals surface area (Å²) in [4.78, 5) is 16.4. The van der Waals surface area contributed by atoms with Gasteiger partial charge in [0.15, 0.2) is 5.82 Å². The number of aryl methyl sites for hydroxylation is 1. The number of halogens is 3. The molecule has 0 bridgehead atoms. The number of hydrogen-bond acceptors (Lipinski definition) is 4. The van der Waals surface area contributed by atoms with E-state index in [9.17, 15) is 13.6 Å². The second-order valence-corrected chi connectivity index (χ2v) is 5.52. The van der Waals surface area contributed by atoms with Gasteiger partial charge in [-0.3, -0.25) is 10.1 Å². The van der Waals surface area contributed by atoms with E-state index in [0.717, 1.165) is 44.1 Å². The molecule has 0 radical (unpaired) electrons. The summed E-state index contributed by atoms with van der Waals surface area (Å²) in [5.74, 6) is -1.11. The fourth-order valence-electron chi connectivity index (χ4n) is 2.61. The Bertz CT molecular complexity index is 731. The second-order valence-electron chi connectivity index (χ2n) is 5.52. The van der Waals surface area contributed by atoms with Crippen LogP contribution in [0.5, 0.6) is 0 Å². The lowest BCUT2D eigenvalue weighted by molar-refractivity contribution is 0.102. The van der Waals surface area contributed by atoms with E-state index in [1.54, 1.807) is 7.05 Å². The molecule has 1 aliphatic rings. The van der Waals surface area contributed by atoms with Crippen LogP contribution in [0, 0.1) is 11.6 Å². The molecule has 24 heavy (non-hydrogen) atoms. The maximum absolute atomic E-state index is 13.6. The van der Waals surface area contributed by atoms with Crippen molar-refractivity contribution >= 4 is 24.3 Å². The predicted octanol–water partition coefficient (Wildman–Crippen LogP) is 2.23. The summed E-state index contributed by atoms with van der Waals surface area (Å²) < 4.78 is 28.3. The van der Waals surface area contributed by atoms with E-state index in [4.69, 9.17) is 0 Å². The van der Waals surface area contributed by atoms with Gasteiger partial charge < -0.3 is 5.32 Å². The molecular weight excluding hydrogens is 340 g/mol. The lowest BCUT2D eigenvalue weighted by atomic mass is 9.98. The molecule has 3 rings (SSSR count). The third-order valence-electron chi connectivity index (χ3n) is 3.88. The molecule has 0 saturated carbocycles. The van der Waals surface area contributed by atoms with Gasteiger partial charge in [-0.2, -0.15) is 10.1 Å². The first kappa shape index (κ1) is 18.3. The molecule has 1 aromatic carbocycles. The monoisotopic (exact) mass is 357 g/mol. The average molecular weight is 358 g/mol. The van der Waals surface area contributed by atoms with Crippen LogP contribution in [-0.4, -0.2) is 33.8 Å². The molecule has 0 spiro atoms. The number of benzene rings is 1. The van der Waals surface area contributed by atoms with Crippen LogP contribution >= 0.6 is 12.4 Å². The van der Waals surface area contributed by atoms with Crippen LogP contribution in [0.25, 0.3) is 0 Å². The van der Waals surface area contributed by atoms with Crippen molar-refractivity contribution in [1.29, 1.82) is 0 Å². The molecule has 0 atom stereocenters. The van der Waals surface area contributed by atoms with Crippen LogP contribution in [-0.2, 0) is 7.05 Å². The Morgan fingerprint density at radius 2 is 2.04 bits per heavy atom. The number of anilines is 1. The van der Waals surface area contributed by atoms with E-state index < -0.39 is 17.5 Å². The largest absolute Gasteiger partial charge is 0.317 e. The molecule has 9 heteroatoms. The van der Waals surface area contributed by atoms with Gasteiger partial charge in [0.1, 0.15) is 11.6 Å². The topological polar surface area (TPSA) is 71.8 Å². The third kappa shape index (κ3) is 3.88. The van der Waals surface area contributed by atoms with Crippen LogP contribution in [0.4, 0.5) is 14.7 Å². The summed E-state index contributed by atoms with van der Waals surface area (Å²) in [5.41, 5.74) is -0.364. The van der Waals surface area contributed by atoms with E-state index in [-0.39, 0.29) is 29.8 Å². The van der Waals surface area contributed by atoms with E-state index in [0.29, 0.717) is 5.82 Å². The van der Waals surface area contributed by atoms with Crippen molar-refractivity contribution in [3.8, 4) is 0 Å². The molecular formula is C15H18ClF2N5O. The number of amides is 1. The highest BCUT2D eigenvalue weighted by atomic mass is 35.5. The summed E-state index contributed by atoms with van der Waals surface area (Å²) in [6.45, 7) is 1.80. The van der Waals surface area contributed by atoms with Gasteiger partial charge >= 0.3 is 0 Å². The smallest absolute Gasteiger partial charge is 0.261 e. The number of rotatable bonds is 3. The molecule has 2 heterocycles. The van der Waals surface area contributed by atoms with Gasteiger partial charge in [0.05, 0.1) is 5.56 Å². The Hall–Kier alpha value is -2.06. The first-order valence-corrected chi connectivity index (χ1v) is 7.42. The quantitative estimate of drug-likeness (QED) is 0.883. The van der Waals surface area contributed by atoms with Crippen molar-refractivity contribution in [3.63, 3.8) is 0 Å². The van der Waals surface area contributed by atoms with Crippen LogP contribution < -0.4 is 10.6 Å². The van der Waals surface area contributed by atoms with Gasteiger partial charge in [0.25, 0.3) is 5.91 Å². The van der Waals surface area contributed by atoms with Crippen LogP contribution in [0.3, 0.4) is 0 Å². The minimum Gasteiger partial charge on any atom is -0.317 e. The van der Waals surface area contributed by atoms with Gasteiger partial charge in [-0.15, -0.1) is 12.4 Å². The Kier molecular flexibility index (Phi) is 5.84. The highest BCUT2D eigenvalue weighted by molar-refractivity contribution is 6.03. The molecule has 1 aliphatic heterocycles. The summed E-state index contributed by atoms with van der Waals surface area (Å²) in [6.07, 6.45) is 1.85. The lowest BCUT2D eigenvalue weighted by Crippen LogP contribution is -2.27. The predicted molar refractivity (Wildman–Crippen MR) is 87.4 cm³/mol. The maximum Gasteiger partial charge on any atom is 0.261 e. The molecule has 2 aromatic rings. The number of nitrogens with zero attached hydrogens (tertiary/aromatic N) is 3. The van der Waals surface area contributed by atoms with Crippen molar-refractivity contribution in [1.82, 2.24) is 20.1 Å². The van der Waals surface area contributed by atoms with E-state index in [2.05, 4.69) is 20.7 Å². The van der Waals surface area contributed by atoms with Crippen molar-refractivity contribution in [2.24, 2.45) is 7.05 Å². The van der Waals surface area contributed by atoms with Crippen LogP contribution in [0.1, 0.15) is 34.9 Å². The van der Waals surface area contributed by atoms with E-state index in [1.165, 1.54) is 4.68 Å². The number of carbonyl (C=O) groups is 1. The second kappa shape index (κ2) is 7.67. The fraction of sp³-hybridized carbons (Fsp3) is 0.400. The molecule has 1 fully saturated rings. The number of nitrogens with one attached hydrogen (secondary N) is 2. The minimum absolute atomic E-state index is 0. The van der Waals surface area contributed by atoms with Gasteiger partial charge in [-0.25, -0.2) is 13.5 Å². The molecule has 0 aliphatic carbocycles. The number of piperidine rings is 1. The minimum atomic E-state index is -0.787. The lowest BCUT2D eigenvalue weighted by Gasteiger charge is -2.19. The Labute approximate surface area is 144 Å². The zero-order valence-corrected chi connectivity index (χ0v) is 13.9. The zero-order valence-electron chi connectivity index (χ0n) is 13.1. The molecule has 2 N–H and O–H groups in total. The SMILES string of the molecule is Cl.Cn1nc(C2CCNCC2)nc1NC(=O)c1cc(F)ccc1F. The summed E-state index contributed by atoms with van der Waals surface area (Å²) in [6, 6.07) is 2.74. The number of hydrogen-bond donors (Lipinski definition) is 2. The van der Waals surface area contributed by atoms with Crippen molar-refractivity contribution < 1.29 is 13.6 Å². The van der Waals surface area contributed by atoms with Crippen molar-refractivity contribution in [2.75, 3.05) is 18.4 Å². The normalized spacial score (nSPS) is 15.0. The molecule has 1 amide bonds. The molecule has 1 saturated heterocycles. The first-order valence-electron chi connectivity index (χ1n) is 7.42. The van der Waals surface area contributed by atoms with Crippen molar-refractivity contribution in [3.05, 3.63) is 41.2 Å². The molecule has 6 nitrogen and oxygen atoms in total. The van der Waals surface area contributed by atoms with E-state index >= 15 is 0 Å². The van der Waals surface area contributed by atoms with Gasteiger partial charge in [-0.1, -0.05) is 0 Å². The Morgan fingerprint density at radius 1 is 1.33 bits per heavy atom. The zero-order chi connectivity index (χ0) is 16.4. The van der Waals surface area contributed by atoms with Gasteiger partial charge in [0.2, 0.25) is 5.95 Å². The summed E-state index contributed by atoms with van der Waals surface area (Å²) in [5, 5.41) is 10.1. The third-order valence-corrected chi connectivity index (χ3v) is 3.88. The first-order chi connectivity index (χ1) is 11.0. The maximum atomic E-state index is 13.6. The van der Waals surface area contributed by atoms with Gasteiger partial charge in [-0.05, 0) is 44.1 Å². The number of aromatic nitrogens is 3. The summed E-state index contributed by atoms with van der Waals surface area (Å²) >= 11 is 0. The fourth-order valence-corrected chi connectivity index (χ4v) is 2.61. The van der Waals surface area contributed by atoms with Crippen LogP contribution in [0.2, 0.25) is 0 Å². The molecule has 130 valence electrons. The van der Waals surface area contributed by atoms with E-state index in [1.807, 2.05) is 0 Å². The Morgan fingerprint density at radius 3 is 2.75 bits per heavy atom. The highest BCUT2D eigenvalue weighted by Crippen LogP contribution is 2.23. The summed E-state index contributed by atoms with van der Waals surface area (Å²) in [7, 11) is 1.65. The highest BCUT2D eigenvalue weighted by Gasteiger charge is 2.22. The van der Waals surface area contributed by atoms with Gasteiger partial charge in [0, 0.05) is 13.0 Å². The number of carbonyl (C=O) groups excluding carboxylic acids is 1. The average Bonchev–Trinajstić information content (AvgIpc) is 2.91. The Balaban J connectivity index is 0.00000208. The molecule has 1 aromatic heterocycles.